The van der Waals surface area contributed by atoms with Crippen LogP contribution in [0.5, 0.6) is 0 Å². The van der Waals surface area contributed by atoms with Crippen molar-refractivity contribution in [3.8, 4) is 0 Å². The standard InChI is InChI=1S/C19H18N2O2/c22-18(12-11-16-9-6-14-23-16)21-19(15-7-2-1-3-8-15)17-10-4-5-13-20-17/h1-10,13-14,19H,11-12H2,(H,21,22). The summed E-state index contributed by atoms with van der Waals surface area (Å²) in [5.41, 5.74) is 1.84. The maximum Gasteiger partial charge on any atom is 0.221 e. The van der Waals surface area contributed by atoms with Crippen molar-refractivity contribution in [2.45, 2.75) is 18.9 Å². The number of carbonyl (C=O) groups is 1. The second kappa shape index (κ2) is 7.40. The summed E-state index contributed by atoms with van der Waals surface area (Å²) < 4.78 is 5.27. The van der Waals surface area contributed by atoms with Gasteiger partial charge in [0.05, 0.1) is 18.0 Å². The fourth-order valence-corrected chi connectivity index (χ4v) is 2.44. The van der Waals surface area contributed by atoms with Crippen molar-refractivity contribution < 1.29 is 9.21 Å². The van der Waals surface area contributed by atoms with Crippen LogP contribution in [0.1, 0.15) is 29.5 Å². The monoisotopic (exact) mass is 306 g/mol. The molecule has 0 aliphatic rings. The zero-order valence-electron chi connectivity index (χ0n) is 12.7. The molecule has 23 heavy (non-hydrogen) atoms. The lowest BCUT2D eigenvalue weighted by Gasteiger charge is -2.18. The third kappa shape index (κ3) is 4.07. The Morgan fingerprint density at radius 3 is 2.57 bits per heavy atom. The van der Waals surface area contributed by atoms with Crippen LogP contribution in [0, 0.1) is 0 Å². The van der Waals surface area contributed by atoms with Gasteiger partial charge in [-0.2, -0.15) is 0 Å². The highest BCUT2D eigenvalue weighted by Gasteiger charge is 2.17. The van der Waals surface area contributed by atoms with E-state index in [1.807, 2.05) is 60.7 Å². The van der Waals surface area contributed by atoms with Gasteiger partial charge in [0.1, 0.15) is 5.76 Å². The van der Waals surface area contributed by atoms with E-state index in [9.17, 15) is 4.79 Å². The maximum atomic E-state index is 12.3. The summed E-state index contributed by atoms with van der Waals surface area (Å²) in [4.78, 5) is 16.7. The predicted molar refractivity (Wildman–Crippen MR) is 87.7 cm³/mol. The van der Waals surface area contributed by atoms with Crippen LogP contribution in [0.4, 0.5) is 0 Å². The summed E-state index contributed by atoms with van der Waals surface area (Å²) in [7, 11) is 0. The minimum absolute atomic E-state index is 0.0269. The first kappa shape index (κ1) is 15.0. The topological polar surface area (TPSA) is 55.1 Å². The zero-order valence-corrected chi connectivity index (χ0v) is 12.7. The smallest absolute Gasteiger partial charge is 0.221 e. The molecule has 0 aliphatic heterocycles. The highest BCUT2D eigenvalue weighted by Crippen LogP contribution is 2.20. The van der Waals surface area contributed by atoms with Crippen LogP contribution in [0.2, 0.25) is 0 Å². The number of hydrogen-bond donors (Lipinski definition) is 1. The van der Waals surface area contributed by atoms with E-state index in [0.717, 1.165) is 17.0 Å². The Morgan fingerprint density at radius 2 is 1.87 bits per heavy atom. The summed E-state index contributed by atoms with van der Waals surface area (Å²) >= 11 is 0. The second-order valence-corrected chi connectivity index (χ2v) is 5.25. The average Bonchev–Trinajstić information content (AvgIpc) is 3.13. The molecule has 1 amide bonds. The molecular formula is C19H18N2O2. The third-order valence-corrected chi connectivity index (χ3v) is 3.60. The molecule has 1 aromatic carbocycles. The molecule has 116 valence electrons. The minimum atomic E-state index is -0.249. The van der Waals surface area contributed by atoms with Gasteiger partial charge < -0.3 is 9.73 Å². The van der Waals surface area contributed by atoms with Crippen molar-refractivity contribution in [3.05, 3.63) is 90.1 Å². The van der Waals surface area contributed by atoms with Crippen LogP contribution in [0.25, 0.3) is 0 Å². The van der Waals surface area contributed by atoms with Crippen molar-refractivity contribution in [1.82, 2.24) is 10.3 Å². The molecule has 0 aliphatic carbocycles. The van der Waals surface area contributed by atoms with E-state index in [2.05, 4.69) is 10.3 Å². The number of nitrogens with zero attached hydrogens (tertiary/aromatic N) is 1. The van der Waals surface area contributed by atoms with Crippen LogP contribution in [-0.4, -0.2) is 10.9 Å². The van der Waals surface area contributed by atoms with E-state index in [4.69, 9.17) is 4.42 Å². The SMILES string of the molecule is O=C(CCc1ccco1)NC(c1ccccc1)c1ccccn1. The van der Waals surface area contributed by atoms with Gasteiger partial charge in [0.15, 0.2) is 0 Å². The molecule has 3 aromatic rings. The van der Waals surface area contributed by atoms with Gasteiger partial charge in [-0.05, 0) is 29.8 Å². The van der Waals surface area contributed by atoms with Crippen LogP contribution in [0.15, 0.2) is 77.5 Å². The molecule has 3 rings (SSSR count). The van der Waals surface area contributed by atoms with Gasteiger partial charge in [-0.1, -0.05) is 36.4 Å². The zero-order chi connectivity index (χ0) is 15.9. The maximum absolute atomic E-state index is 12.3. The number of nitrogens with one attached hydrogen (secondary N) is 1. The molecule has 0 bridgehead atoms. The van der Waals surface area contributed by atoms with Gasteiger partial charge >= 0.3 is 0 Å². The Hall–Kier alpha value is -2.88. The summed E-state index contributed by atoms with van der Waals surface area (Å²) in [5.74, 6) is 0.787. The first-order chi connectivity index (χ1) is 11.3. The van der Waals surface area contributed by atoms with E-state index in [-0.39, 0.29) is 11.9 Å². The predicted octanol–water partition coefficient (Wildman–Crippen LogP) is 3.51. The van der Waals surface area contributed by atoms with Crippen LogP contribution < -0.4 is 5.32 Å². The molecule has 0 fully saturated rings. The Labute approximate surface area is 135 Å². The number of carbonyl (C=O) groups excluding carboxylic acids is 1. The number of rotatable bonds is 6. The van der Waals surface area contributed by atoms with Crippen molar-refractivity contribution >= 4 is 5.91 Å². The molecule has 0 radical (unpaired) electrons. The Balaban J connectivity index is 1.72. The lowest BCUT2D eigenvalue weighted by atomic mass is 10.0. The number of hydrogen-bond acceptors (Lipinski definition) is 3. The minimum Gasteiger partial charge on any atom is -0.469 e. The Kier molecular flexibility index (Phi) is 4.84. The summed E-state index contributed by atoms with van der Waals surface area (Å²) in [6, 6.07) is 19.0. The Morgan fingerprint density at radius 1 is 1.04 bits per heavy atom. The van der Waals surface area contributed by atoms with Gasteiger partial charge in [-0.15, -0.1) is 0 Å². The molecular weight excluding hydrogens is 288 g/mol. The van der Waals surface area contributed by atoms with Crippen molar-refractivity contribution in [1.29, 1.82) is 0 Å². The van der Waals surface area contributed by atoms with Gasteiger partial charge in [-0.3, -0.25) is 9.78 Å². The van der Waals surface area contributed by atoms with Gasteiger partial charge in [0.2, 0.25) is 5.91 Å². The first-order valence-electron chi connectivity index (χ1n) is 7.60. The first-order valence-corrected chi connectivity index (χ1v) is 7.60. The molecule has 2 aromatic heterocycles. The van der Waals surface area contributed by atoms with Crippen LogP contribution >= 0.6 is 0 Å². The number of amides is 1. The molecule has 0 spiro atoms. The second-order valence-electron chi connectivity index (χ2n) is 5.25. The quantitative estimate of drug-likeness (QED) is 0.758. The fourth-order valence-electron chi connectivity index (χ4n) is 2.44. The summed E-state index contributed by atoms with van der Waals surface area (Å²) in [6.07, 6.45) is 4.32. The summed E-state index contributed by atoms with van der Waals surface area (Å²) in [6.45, 7) is 0. The van der Waals surface area contributed by atoms with Gasteiger partial charge in [0.25, 0.3) is 0 Å². The highest BCUT2D eigenvalue weighted by molar-refractivity contribution is 5.77. The van der Waals surface area contributed by atoms with Crippen molar-refractivity contribution in [2.75, 3.05) is 0 Å². The molecule has 0 saturated carbocycles. The number of pyridine rings is 1. The number of aromatic nitrogens is 1. The third-order valence-electron chi connectivity index (χ3n) is 3.60. The van der Waals surface area contributed by atoms with Crippen molar-refractivity contribution in [3.63, 3.8) is 0 Å². The van der Waals surface area contributed by atoms with Gasteiger partial charge in [0, 0.05) is 19.0 Å². The number of aryl methyl sites for hydroxylation is 1. The van der Waals surface area contributed by atoms with E-state index in [0.29, 0.717) is 12.8 Å². The molecule has 1 N–H and O–H groups in total. The largest absolute Gasteiger partial charge is 0.469 e. The average molecular weight is 306 g/mol. The lowest BCUT2D eigenvalue weighted by molar-refractivity contribution is -0.121. The molecule has 0 saturated heterocycles. The lowest BCUT2D eigenvalue weighted by Crippen LogP contribution is -2.30. The molecule has 1 atom stereocenters. The van der Waals surface area contributed by atoms with E-state index >= 15 is 0 Å². The van der Waals surface area contributed by atoms with Crippen LogP contribution in [-0.2, 0) is 11.2 Å². The molecule has 4 nitrogen and oxygen atoms in total. The normalized spacial score (nSPS) is 11.8. The van der Waals surface area contributed by atoms with Gasteiger partial charge in [-0.25, -0.2) is 0 Å². The molecule has 1 unspecified atom stereocenters. The highest BCUT2D eigenvalue weighted by atomic mass is 16.3. The number of furan rings is 1. The molecule has 2 heterocycles. The van der Waals surface area contributed by atoms with Crippen molar-refractivity contribution in [2.24, 2.45) is 0 Å². The number of benzene rings is 1. The van der Waals surface area contributed by atoms with E-state index < -0.39 is 0 Å². The molecule has 4 heteroatoms. The van der Waals surface area contributed by atoms with E-state index in [1.165, 1.54) is 0 Å². The fraction of sp³-hybridized carbons (Fsp3) is 0.158. The van der Waals surface area contributed by atoms with E-state index in [1.54, 1.807) is 12.5 Å². The Bertz CT molecular complexity index is 685. The van der Waals surface area contributed by atoms with Crippen LogP contribution in [0.3, 0.4) is 0 Å². The summed E-state index contributed by atoms with van der Waals surface area (Å²) in [5, 5.41) is 3.07.